The van der Waals surface area contributed by atoms with Crippen LogP contribution in [-0.4, -0.2) is 190 Å². The SMILES string of the molecule is CC[C@H](C)[C@@H]1NC(=O)[C@H](C)NC(=O)C[C@@H](C(=O)N2CCCCC2)NC(=O)[C@H](Cc2ccccc2)NC(=O)[C@H](C(C)C)NC(=O)[C@H](CC(C)C)NC(=O)[C@H](C)NC(=O)[C@H](Cc2ccccc2)N(C)C(=O)[C@H]([C@@H](C)O)NC(=O)[C@H](CC(C)C)NC(=O)[C@H](CC(C)C)N(C)C1=O. The molecule has 0 aromatic heterocycles. The maximum Gasteiger partial charge on any atom is 0.248 e. The number of hydrogen-bond donors (Lipinski definition) is 10. The van der Waals surface area contributed by atoms with Gasteiger partial charge in [-0.2, -0.15) is 0 Å². The second-order valence-corrected chi connectivity index (χ2v) is 26.9. The van der Waals surface area contributed by atoms with E-state index in [9.17, 15) is 62.6 Å². The Morgan fingerprint density at radius 2 is 0.903 bits per heavy atom. The first-order valence-corrected chi connectivity index (χ1v) is 33.0. The van der Waals surface area contributed by atoms with Crippen LogP contribution >= 0.6 is 0 Å². The summed E-state index contributed by atoms with van der Waals surface area (Å²) in [6.07, 6.45) is 0.404. The van der Waals surface area contributed by atoms with E-state index in [2.05, 4.69) is 47.9 Å². The summed E-state index contributed by atoms with van der Waals surface area (Å²) < 4.78 is 0. The normalized spacial score (nSPS) is 26.6. The van der Waals surface area contributed by atoms with E-state index in [1.54, 1.807) is 86.3 Å². The monoisotopic (exact) mass is 1300 g/mol. The second kappa shape index (κ2) is 37.1. The molecule has 2 saturated heterocycles. The molecule has 2 aliphatic rings. The van der Waals surface area contributed by atoms with Gasteiger partial charge in [-0.3, -0.25) is 57.5 Å². The highest BCUT2D eigenvalue weighted by atomic mass is 16.3. The number of piperidine rings is 1. The van der Waals surface area contributed by atoms with Gasteiger partial charge in [0.05, 0.1) is 12.5 Å². The molecule has 2 fully saturated rings. The van der Waals surface area contributed by atoms with Crippen molar-refractivity contribution in [1.29, 1.82) is 0 Å². The van der Waals surface area contributed by atoms with Gasteiger partial charge in [0.15, 0.2) is 0 Å². The molecule has 0 saturated carbocycles. The van der Waals surface area contributed by atoms with Crippen LogP contribution in [0.15, 0.2) is 60.7 Å². The Balaban J connectivity index is 1.87. The third kappa shape index (κ3) is 23.8. The number of aliphatic hydroxyl groups excluding tert-OH is 1. The molecule has 25 nitrogen and oxygen atoms in total. The van der Waals surface area contributed by atoms with E-state index in [4.69, 9.17) is 0 Å². The maximum atomic E-state index is 14.8. The zero-order valence-corrected chi connectivity index (χ0v) is 57.3. The van der Waals surface area contributed by atoms with Gasteiger partial charge in [-0.05, 0) is 100 Å². The lowest BCUT2D eigenvalue weighted by Gasteiger charge is -2.35. The molecule has 2 aliphatic heterocycles. The summed E-state index contributed by atoms with van der Waals surface area (Å²) in [5.74, 6) is -11.0. The van der Waals surface area contributed by atoms with Crippen molar-refractivity contribution in [3.63, 3.8) is 0 Å². The molecule has 516 valence electrons. The molecule has 12 amide bonds. The van der Waals surface area contributed by atoms with E-state index in [0.717, 1.165) is 11.3 Å². The molecule has 25 heteroatoms. The van der Waals surface area contributed by atoms with E-state index in [-0.39, 0.29) is 49.9 Å². The average molecular weight is 1300 g/mol. The van der Waals surface area contributed by atoms with Crippen LogP contribution < -0.4 is 47.9 Å². The van der Waals surface area contributed by atoms with E-state index in [1.165, 1.54) is 39.8 Å². The summed E-state index contributed by atoms with van der Waals surface area (Å²) in [5.41, 5.74) is 1.23. The number of nitrogens with one attached hydrogen (secondary N) is 9. The second-order valence-electron chi connectivity index (χ2n) is 26.9. The summed E-state index contributed by atoms with van der Waals surface area (Å²) in [4.78, 5) is 178. The van der Waals surface area contributed by atoms with Crippen molar-refractivity contribution in [2.24, 2.45) is 29.6 Å². The van der Waals surface area contributed by atoms with Crippen molar-refractivity contribution in [3.05, 3.63) is 71.8 Å². The number of carbonyl (C=O) groups is 12. The van der Waals surface area contributed by atoms with Crippen molar-refractivity contribution in [1.82, 2.24) is 62.6 Å². The fourth-order valence-corrected chi connectivity index (χ4v) is 11.3. The number of likely N-dealkylation sites (tertiary alicyclic amines) is 1. The van der Waals surface area contributed by atoms with Crippen LogP contribution in [0.2, 0.25) is 0 Å². The molecule has 2 aromatic carbocycles. The smallest absolute Gasteiger partial charge is 0.248 e. The van der Waals surface area contributed by atoms with Gasteiger partial charge >= 0.3 is 0 Å². The summed E-state index contributed by atoms with van der Waals surface area (Å²) >= 11 is 0. The first-order chi connectivity index (χ1) is 43.7. The first kappa shape index (κ1) is 77.5. The molecular formula is C68H106N12O13. The molecule has 0 spiro atoms. The van der Waals surface area contributed by atoms with E-state index >= 15 is 0 Å². The van der Waals surface area contributed by atoms with Crippen molar-refractivity contribution < 1.29 is 62.6 Å². The molecule has 4 rings (SSSR count). The minimum Gasteiger partial charge on any atom is -0.391 e. The van der Waals surface area contributed by atoms with E-state index < -0.39 is 162 Å². The number of amides is 12. The lowest BCUT2D eigenvalue weighted by molar-refractivity contribution is -0.146. The summed E-state index contributed by atoms with van der Waals surface area (Å²) in [6, 6.07) is 2.47. The topological polar surface area (TPSA) is 343 Å². The van der Waals surface area contributed by atoms with Gasteiger partial charge in [0.2, 0.25) is 70.9 Å². The molecule has 0 aliphatic carbocycles. The highest BCUT2D eigenvalue weighted by Gasteiger charge is 2.42. The van der Waals surface area contributed by atoms with Gasteiger partial charge < -0.3 is 67.7 Å². The third-order valence-corrected chi connectivity index (χ3v) is 17.1. The minimum absolute atomic E-state index is 0.0377. The van der Waals surface area contributed by atoms with E-state index in [1.807, 2.05) is 48.5 Å². The molecule has 2 heterocycles. The number of carbonyl (C=O) groups excluding carboxylic acids is 12. The fourth-order valence-electron chi connectivity index (χ4n) is 11.3. The Morgan fingerprint density at radius 3 is 1.41 bits per heavy atom. The number of aliphatic hydroxyl groups is 1. The van der Waals surface area contributed by atoms with Crippen molar-refractivity contribution in [2.75, 3.05) is 27.2 Å². The highest BCUT2D eigenvalue weighted by Crippen LogP contribution is 2.20. The van der Waals surface area contributed by atoms with Gasteiger partial charge in [-0.25, -0.2) is 0 Å². The molecular weight excluding hydrogens is 1190 g/mol. The average Bonchev–Trinajstić information content (AvgIpc) is 0.904. The van der Waals surface area contributed by atoms with Crippen molar-refractivity contribution in [3.8, 4) is 0 Å². The maximum absolute atomic E-state index is 14.8. The van der Waals surface area contributed by atoms with Crippen LogP contribution in [0.5, 0.6) is 0 Å². The Morgan fingerprint density at radius 1 is 0.473 bits per heavy atom. The molecule has 13 atom stereocenters. The zero-order valence-electron chi connectivity index (χ0n) is 57.3. The summed E-state index contributed by atoms with van der Waals surface area (Å²) in [6.45, 7) is 22.6. The largest absolute Gasteiger partial charge is 0.391 e. The van der Waals surface area contributed by atoms with E-state index in [0.29, 0.717) is 43.5 Å². The Hall–Kier alpha value is -7.96. The van der Waals surface area contributed by atoms with Crippen LogP contribution in [-0.2, 0) is 70.4 Å². The van der Waals surface area contributed by atoms with Crippen LogP contribution in [0.4, 0.5) is 0 Å². The number of benzene rings is 2. The van der Waals surface area contributed by atoms with Gasteiger partial charge in [0, 0.05) is 40.0 Å². The van der Waals surface area contributed by atoms with Crippen molar-refractivity contribution in [2.45, 2.75) is 227 Å². The Bertz CT molecular complexity index is 2870. The molecule has 0 radical (unpaired) electrons. The predicted molar refractivity (Wildman–Crippen MR) is 352 cm³/mol. The molecule has 10 N–H and O–H groups in total. The van der Waals surface area contributed by atoms with Gasteiger partial charge in [0.25, 0.3) is 0 Å². The number of nitrogens with zero attached hydrogens (tertiary/aromatic N) is 3. The quantitative estimate of drug-likeness (QED) is 0.122. The Kier molecular flexibility index (Phi) is 30.9. The summed E-state index contributed by atoms with van der Waals surface area (Å²) in [7, 11) is 2.73. The minimum atomic E-state index is -1.69. The zero-order chi connectivity index (χ0) is 69.6. The van der Waals surface area contributed by atoms with Gasteiger partial charge in [0.1, 0.15) is 66.5 Å². The van der Waals surface area contributed by atoms with Gasteiger partial charge in [-0.15, -0.1) is 0 Å². The molecule has 93 heavy (non-hydrogen) atoms. The van der Waals surface area contributed by atoms with Crippen molar-refractivity contribution >= 4 is 70.9 Å². The standard InChI is InChI=1S/C68H106N12O13/c1-16-42(10)56-67(92)78(14)52(34-40(6)7)64(89)72-49(33-39(4)5)62(87)77-57(45(13)81)68(93)79(15)53(36-47-28-22-18-23-29-47)63(88)70-44(12)58(83)71-48(32-38(2)3)61(86)75-55(41(8)9)65(90)73-50(35-46-26-20-17-21-27-46)60(85)74-51(66(91)80-30-24-19-25-31-80)37-54(82)69-43(11)59(84)76-56/h17-18,20-23,26-29,38-45,48-53,55-57,81H,16,19,24-25,30-37H2,1-15H3,(H,69,82)(H,70,88)(H,71,83)(H,72,89)(H,73,90)(H,74,85)(H,75,86)(H,76,84)(H,77,87)/t42-,43-,44-,45+,48-,49-,50-,51-,52-,53-,55-,56-,57-/m0/s1. The highest BCUT2D eigenvalue weighted by molar-refractivity contribution is 6.00. The predicted octanol–water partition coefficient (Wildman–Crippen LogP) is 2.17. The number of hydrogen-bond acceptors (Lipinski definition) is 13. The van der Waals surface area contributed by atoms with Crippen LogP contribution in [0.3, 0.4) is 0 Å². The lowest BCUT2D eigenvalue weighted by atomic mass is 9.95. The van der Waals surface area contributed by atoms with Crippen LogP contribution in [0.25, 0.3) is 0 Å². The first-order valence-electron chi connectivity index (χ1n) is 33.0. The fraction of sp³-hybridized carbons (Fsp3) is 0.647. The van der Waals surface area contributed by atoms with Gasteiger partial charge in [-0.1, -0.05) is 136 Å². The number of likely N-dealkylation sites (N-methyl/N-ethyl adjacent to an activating group) is 2. The summed E-state index contributed by atoms with van der Waals surface area (Å²) in [5, 5.41) is 35.8. The lowest BCUT2D eigenvalue weighted by Crippen LogP contribution is -2.63. The number of rotatable bonds is 15. The van der Waals surface area contributed by atoms with Crippen LogP contribution in [0, 0.1) is 29.6 Å². The molecule has 0 bridgehead atoms. The molecule has 2 aromatic rings. The Labute approximate surface area is 549 Å². The molecule has 0 unspecified atom stereocenters. The van der Waals surface area contributed by atoms with Crippen LogP contribution in [0.1, 0.15) is 153 Å². The third-order valence-electron chi connectivity index (χ3n) is 17.1.